The van der Waals surface area contributed by atoms with Crippen molar-refractivity contribution in [1.29, 1.82) is 0 Å². The lowest BCUT2D eigenvalue weighted by molar-refractivity contribution is -0.144. The van der Waals surface area contributed by atoms with Gasteiger partial charge in [0.1, 0.15) is 0 Å². The van der Waals surface area contributed by atoms with Crippen LogP contribution in [0.5, 0.6) is 0 Å². The summed E-state index contributed by atoms with van der Waals surface area (Å²) in [6, 6.07) is 0. The molecule has 0 aliphatic carbocycles. The highest BCUT2D eigenvalue weighted by Crippen LogP contribution is 2.13. The van der Waals surface area contributed by atoms with Crippen LogP contribution in [0.4, 0.5) is 0 Å². The molecule has 0 saturated carbocycles. The molecule has 0 spiro atoms. The van der Waals surface area contributed by atoms with Crippen molar-refractivity contribution in [3.8, 4) is 0 Å². The van der Waals surface area contributed by atoms with Gasteiger partial charge in [-0.1, -0.05) is 148 Å². The quantitative estimate of drug-likeness (QED) is 0.0616. The molecule has 0 aromatic rings. The fraction of sp³-hybridized carbons (Fsp3) is 0.906. The van der Waals surface area contributed by atoms with Gasteiger partial charge >= 0.3 is 5.97 Å². The maximum absolute atomic E-state index is 12.4. The Labute approximate surface area is 220 Å². The van der Waals surface area contributed by atoms with E-state index in [1.807, 2.05) is 0 Å². The minimum atomic E-state index is -0.0472. The molecule has 0 heterocycles. The summed E-state index contributed by atoms with van der Waals surface area (Å²) in [5.74, 6) is -0.0472. The van der Waals surface area contributed by atoms with Gasteiger partial charge in [0.25, 0.3) is 0 Å². The molecule has 0 amide bonds. The van der Waals surface area contributed by atoms with Crippen molar-refractivity contribution in [3.63, 3.8) is 0 Å². The van der Waals surface area contributed by atoms with E-state index in [0.717, 1.165) is 25.9 Å². The molecule has 0 aromatic heterocycles. The zero-order valence-electron chi connectivity index (χ0n) is 24.3. The summed E-state index contributed by atoms with van der Waals surface area (Å²) in [6.45, 7) is 9.75. The first-order chi connectivity index (χ1) is 17.2. The van der Waals surface area contributed by atoms with E-state index in [1.54, 1.807) is 0 Å². The van der Waals surface area contributed by atoms with Gasteiger partial charge in [-0.15, -0.1) is 0 Å². The van der Waals surface area contributed by atoms with Gasteiger partial charge in [0.2, 0.25) is 0 Å². The van der Waals surface area contributed by atoms with E-state index in [0.29, 0.717) is 13.2 Å². The third-order valence-corrected chi connectivity index (χ3v) is 6.96. The second kappa shape index (κ2) is 29.4. The van der Waals surface area contributed by atoms with Crippen molar-refractivity contribution in [2.75, 3.05) is 26.2 Å². The summed E-state index contributed by atoms with van der Waals surface area (Å²) in [4.78, 5) is 14.7. The van der Waals surface area contributed by atoms with Crippen molar-refractivity contribution in [2.24, 2.45) is 0 Å². The molecule has 0 unspecified atom stereocenters. The zero-order chi connectivity index (χ0) is 25.7. The van der Waals surface area contributed by atoms with Gasteiger partial charge in [-0.25, -0.2) is 0 Å². The molecule has 35 heavy (non-hydrogen) atoms. The molecule has 3 heteroatoms. The third-order valence-electron chi connectivity index (χ3n) is 6.96. The van der Waals surface area contributed by atoms with Crippen molar-refractivity contribution < 1.29 is 9.53 Å². The summed E-state index contributed by atoms with van der Waals surface area (Å²) >= 11 is 0. The minimum absolute atomic E-state index is 0.0472. The standard InChI is InChI=1S/C32H63NO2/c1-4-7-10-13-15-17-19-21-23-25-28-33(31-32(34)35-30-27-12-9-6-3)29-26-24-22-20-18-16-14-11-8-5-2/h9,12H,4-8,10-11,13-31H2,1-3H3. The molecule has 3 nitrogen and oxygen atoms in total. The Hall–Kier alpha value is -0.830. The van der Waals surface area contributed by atoms with Crippen LogP contribution < -0.4 is 0 Å². The molecular weight excluding hydrogens is 430 g/mol. The van der Waals surface area contributed by atoms with E-state index < -0.39 is 0 Å². The van der Waals surface area contributed by atoms with Crippen molar-refractivity contribution in [1.82, 2.24) is 4.90 Å². The number of carbonyl (C=O) groups is 1. The molecule has 0 N–H and O–H groups in total. The summed E-state index contributed by atoms with van der Waals surface area (Å²) < 4.78 is 5.49. The van der Waals surface area contributed by atoms with Crippen LogP contribution in [-0.2, 0) is 9.53 Å². The number of allylic oxidation sites excluding steroid dienone is 1. The van der Waals surface area contributed by atoms with E-state index in [9.17, 15) is 4.79 Å². The van der Waals surface area contributed by atoms with Crippen LogP contribution in [0.2, 0.25) is 0 Å². The normalized spacial score (nSPS) is 11.7. The highest BCUT2D eigenvalue weighted by molar-refractivity contribution is 5.71. The number of unbranched alkanes of at least 4 members (excludes halogenated alkanes) is 18. The lowest BCUT2D eigenvalue weighted by atomic mass is 10.1. The summed E-state index contributed by atoms with van der Waals surface area (Å²) in [6.07, 6.45) is 33.3. The molecule has 0 atom stereocenters. The van der Waals surface area contributed by atoms with Crippen LogP contribution in [0.25, 0.3) is 0 Å². The first-order valence-corrected chi connectivity index (χ1v) is 15.8. The van der Waals surface area contributed by atoms with E-state index in [1.165, 1.54) is 128 Å². The SMILES string of the molecule is CCC=CCCOC(=O)CN(CCCCCCCCCCCC)CCCCCCCCCCCC. The van der Waals surface area contributed by atoms with E-state index in [4.69, 9.17) is 4.74 Å². The topological polar surface area (TPSA) is 29.5 Å². The summed E-state index contributed by atoms with van der Waals surface area (Å²) in [7, 11) is 0. The first-order valence-electron chi connectivity index (χ1n) is 15.8. The minimum Gasteiger partial charge on any atom is -0.464 e. The first kappa shape index (κ1) is 34.2. The van der Waals surface area contributed by atoms with Gasteiger partial charge in [0, 0.05) is 0 Å². The van der Waals surface area contributed by atoms with Gasteiger partial charge in [0.15, 0.2) is 0 Å². The van der Waals surface area contributed by atoms with E-state index in [2.05, 4.69) is 37.8 Å². The molecule has 208 valence electrons. The average Bonchev–Trinajstić information content (AvgIpc) is 2.86. The van der Waals surface area contributed by atoms with Crippen LogP contribution >= 0.6 is 0 Å². The molecule has 0 aliphatic rings. The Kier molecular flexibility index (Phi) is 28.7. The molecule has 0 radical (unpaired) electrons. The number of nitrogens with zero attached hydrogens (tertiary/aromatic N) is 1. The predicted molar refractivity (Wildman–Crippen MR) is 155 cm³/mol. The molecule has 0 fully saturated rings. The van der Waals surface area contributed by atoms with Crippen LogP contribution in [0, 0.1) is 0 Å². The molecule has 0 saturated heterocycles. The Bertz CT molecular complexity index is 425. The number of carbonyl (C=O) groups excluding carboxylic acids is 1. The monoisotopic (exact) mass is 493 g/mol. The second-order valence-corrected chi connectivity index (χ2v) is 10.5. The number of hydrogen-bond donors (Lipinski definition) is 0. The van der Waals surface area contributed by atoms with E-state index in [-0.39, 0.29) is 5.97 Å². The van der Waals surface area contributed by atoms with E-state index >= 15 is 0 Å². The zero-order valence-corrected chi connectivity index (χ0v) is 24.3. The fourth-order valence-electron chi connectivity index (χ4n) is 4.67. The third kappa shape index (κ3) is 27.6. The Morgan fingerprint density at radius 2 is 0.971 bits per heavy atom. The highest BCUT2D eigenvalue weighted by atomic mass is 16.5. The Morgan fingerprint density at radius 3 is 1.37 bits per heavy atom. The van der Waals surface area contributed by atoms with Gasteiger partial charge in [-0.2, -0.15) is 0 Å². The lowest BCUT2D eigenvalue weighted by Crippen LogP contribution is -2.33. The molecule has 0 aromatic carbocycles. The molecular formula is C32H63NO2. The Morgan fingerprint density at radius 1 is 0.571 bits per heavy atom. The second-order valence-electron chi connectivity index (χ2n) is 10.5. The van der Waals surface area contributed by atoms with Crippen LogP contribution in [-0.4, -0.2) is 37.1 Å². The number of ether oxygens (including phenoxy) is 1. The van der Waals surface area contributed by atoms with Gasteiger partial charge in [0.05, 0.1) is 13.2 Å². The number of esters is 1. The lowest BCUT2D eigenvalue weighted by Gasteiger charge is -2.21. The van der Waals surface area contributed by atoms with Crippen molar-refractivity contribution >= 4 is 5.97 Å². The highest BCUT2D eigenvalue weighted by Gasteiger charge is 2.11. The van der Waals surface area contributed by atoms with Gasteiger partial charge < -0.3 is 4.74 Å². The summed E-state index contributed by atoms with van der Waals surface area (Å²) in [5.41, 5.74) is 0. The largest absolute Gasteiger partial charge is 0.464 e. The fourth-order valence-corrected chi connectivity index (χ4v) is 4.67. The number of rotatable bonds is 28. The van der Waals surface area contributed by atoms with Crippen molar-refractivity contribution in [2.45, 2.75) is 162 Å². The van der Waals surface area contributed by atoms with Crippen LogP contribution in [0.1, 0.15) is 162 Å². The maximum atomic E-state index is 12.4. The Balaban J connectivity index is 4.02. The maximum Gasteiger partial charge on any atom is 0.320 e. The molecule has 0 aliphatic heterocycles. The molecule has 0 rings (SSSR count). The predicted octanol–water partition coefficient (Wildman–Crippen LogP) is 10.0. The van der Waals surface area contributed by atoms with Crippen LogP contribution in [0.3, 0.4) is 0 Å². The van der Waals surface area contributed by atoms with Gasteiger partial charge in [-0.05, 0) is 38.8 Å². The number of hydrogen-bond acceptors (Lipinski definition) is 3. The van der Waals surface area contributed by atoms with Crippen LogP contribution in [0.15, 0.2) is 12.2 Å². The summed E-state index contributed by atoms with van der Waals surface area (Å²) in [5, 5.41) is 0. The van der Waals surface area contributed by atoms with Crippen molar-refractivity contribution in [3.05, 3.63) is 12.2 Å². The van der Waals surface area contributed by atoms with Gasteiger partial charge in [-0.3, -0.25) is 9.69 Å². The smallest absolute Gasteiger partial charge is 0.320 e. The average molecular weight is 494 g/mol. The molecule has 0 bridgehead atoms.